The number of benzene rings is 1. The predicted octanol–water partition coefficient (Wildman–Crippen LogP) is 2.37. The molecule has 1 aromatic rings. The van der Waals surface area contributed by atoms with Crippen molar-refractivity contribution in [3.63, 3.8) is 0 Å². The fourth-order valence-electron chi connectivity index (χ4n) is 2.59. The van der Waals surface area contributed by atoms with E-state index >= 15 is 0 Å². The minimum absolute atomic E-state index is 0.712. The van der Waals surface area contributed by atoms with Crippen LogP contribution in [-0.4, -0.2) is 44.2 Å². The van der Waals surface area contributed by atoms with Gasteiger partial charge >= 0.3 is 0 Å². The van der Waals surface area contributed by atoms with Gasteiger partial charge in [-0.1, -0.05) is 12.1 Å². The van der Waals surface area contributed by atoms with Crippen molar-refractivity contribution in [3.8, 4) is 5.75 Å². The van der Waals surface area contributed by atoms with Gasteiger partial charge in [-0.25, -0.2) is 0 Å². The summed E-state index contributed by atoms with van der Waals surface area (Å²) in [7, 11) is 2.21. The number of ether oxygens (including phenoxy) is 1. The van der Waals surface area contributed by atoms with Crippen molar-refractivity contribution in [2.24, 2.45) is 0 Å². The molecule has 19 heavy (non-hydrogen) atoms. The lowest BCUT2D eigenvalue weighted by atomic mass is 10.1. The van der Waals surface area contributed by atoms with Crippen LogP contribution in [0.4, 0.5) is 0 Å². The zero-order chi connectivity index (χ0) is 13.7. The molecule has 1 fully saturated rings. The summed E-state index contributed by atoms with van der Waals surface area (Å²) < 4.78 is 5.92. The highest BCUT2D eigenvalue weighted by Gasteiger charge is 2.17. The summed E-state index contributed by atoms with van der Waals surface area (Å²) in [5.74, 6) is 1.03. The average molecular weight is 262 g/mol. The number of nitrogens with one attached hydrogen (secondary N) is 1. The van der Waals surface area contributed by atoms with Crippen LogP contribution in [0.25, 0.3) is 0 Å². The van der Waals surface area contributed by atoms with E-state index in [9.17, 15) is 0 Å². The van der Waals surface area contributed by atoms with E-state index in [1.54, 1.807) is 0 Å². The second kappa shape index (κ2) is 6.92. The third kappa shape index (κ3) is 4.22. The largest absolute Gasteiger partial charge is 0.492 e. The third-order valence-corrected chi connectivity index (χ3v) is 3.98. The Balaban J connectivity index is 1.77. The fourth-order valence-corrected chi connectivity index (χ4v) is 2.59. The number of nitrogens with zero attached hydrogens (tertiary/aromatic N) is 1. The second-order valence-corrected chi connectivity index (χ2v) is 5.58. The number of hydrogen-bond acceptors (Lipinski definition) is 3. The molecule has 0 bridgehead atoms. The first-order valence-electron chi connectivity index (χ1n) is 7.28. The lowest BCUT2D eigenvalue weighted by Crippen LogP contribution is -2.42. The molecule has 0 saturated carbocycles. The monoisotopic (exact) mass is 262 g/mol. The van der Waals surface area contributed by atoms with Crippen LogP contribution in [0.15, 0.2) is 18.2 Å². The van der Waals surface area contributed by atoms with Crippen LogP contribution in [0.5, 0.6) is 5.75 Å². The van der Waals surface area contributed by atoms with Crippen molar-refractivity contribution >= 4 is 0 Å². The van der Waals surface area contributed by atoms with E-state index in [1.165, 1.54) is 24.0 Å². The van der Waals surface area contributed by atoms with Crippen LogP contribution in [0.3, 0.4) is 0 Å². The summed E-state index contributed by atoms with van der Waals surface area (Å²) in [5, 5.41) is 3.41. The number of hydrogen-bond donors (Lipinski definition) is 1. The lowest BCUT2D eigenvalue weighted by Gasteiger charge is -2.31. The highest BCUT2D eigenvalue weighted by molar-refractivity contribution is 5.35. The van der Waals surface area contributed by atoms with Gasteiger partial charge in [-0.2, -0.15) is 0 Å². The quantitative estimate of drug-likeness (QED) is 0.881. The summed E-state index contributed by atoms with van der Waals surface area (Å²) in [4.78, 5) is 2.44. The second-order valence-electron chi connectivity index (χ2n) is 5.58. The Kier molecular flexibility index (Phi) is 5.23. The number of aryl methyl sites for hydroxylation is 2. The smallest absolute Gasteiger partial charge is 0.122 e. The number of likely N-dealkylation sites (N-methyl/N-ethyl adjacent to an activating group) is 1. The van der Waals surface area contributed by atoms with Crippen LogP contribution in [-0.2, 0) is 0 Å². The first-order valence-corrected chi connectivity index (χ1v) is 7.28. The molecule has 0 amide bonds. The van der Waals surface area contributed by atoms with Crippen molar-refractivity contribution < 1.29 is 4.74 Å². The van der Waals surface area contributed by atoms with E-state index in [0.717, 1.165) is 32.0 Å². The van der Waals surface area contributed by atoms with Crippen LogP contribution in [0.2, 0.25) is 0 Å². The molecule has 106 valence electrons. The molecule has 0 aromatic heterocycles. The SMILES string of the molecule is Cc1ccc(C)c(OCCN(C)C2CCNCC2)c1. The van der Waals surface area contributed by atoms with Crippen molar-refractivity contribution in [1.29, 1.82) is 0 Å². The van der Waals surface area contributed by atoms with Crippen LogP contribution in [0.1, 0.15) is 24.0 Å². The van der Waals surface area contributed by atoms with Gasteiger partial charge in [-0.3, -0.25) is 4.90 Å². The lowest BCUT2D eigenvalue weighted by molar-refractivity contribution is 0.164. The summed E-state index contributed by atoms with van der Waals surface area (Å²) in [6, 6.07) is 7.09. The van der Waals surface area contributed by atoms with Crippen molar-refractivity contribution in [1.82, 2.24) is 10.2 Å². The van der Waals surface area contributed by atoms with Gasteiger partial charge in [0.15, 0.2) is 0 Å². The van der Waals surface area contributed by atoms with Crippen LogP contribution in [0, 0.1) is 13.8 Å². The minimum atomic E-state index is 0.712. The Bertz CT molecular complexity index is 400. The fraction of sp³-hybridized carbons (Fsp3) is 0.625. The van der Waals surface area contributed by atoms with E-state index in [2.05, 4.69) is 49.3 Å². The van der Waals surface area contributed by atoms with E-state index in [0.29, 0.717) is 6.04 Å². The summed E-state index contributed by atoms with van der Waals surface area (Å²) >= 11 is 0. The maximum absolute atomic E-state index is 5.92. The van der Waals surface area contributed by atoms with Gasteiger partial charge in [0.25, 0.3) is 0 Å². The van der Waals surface area contributed by atoms with Gasteiger partial charge in [0.05, 0.1) is 0 Å². The molecular weight excluding hydrogens is 236 g/mol. The standard InChI is InChI=1S/C16H26N2O/c1-13-4-5-14(2)16(12-13)19-11-10-18(3)15-6-8-17-9-7-15/h4-5,12,15,17H,6-11H2,1-3H3. The summed E-state index contributed by atoms with van der Waals surface area (Å²) in [6.45, 7) is 8.27. The van der Waals surface area contributed by atoms with Gasteiger partial charge in [-0.05, 0) is 64.0 Å². The van der Waals surface area contributed by atoms with E-state index < -0.39 is 0 Å². The van der Waals surface area contributed by atoms with Crippen molar-refractivity contribution in [2.75, 3.05) is 33.3 Å². The molecule has 0 atom stereocenters. The summed E-state index contributed by atoms with van der Waals surface area (Å²) in [6.07, 6.45) is 2.50. The van der Waals surface area contributed by atoms with E-state index in [-0.39, 0.29) is 0 Å². The van der Waals surface area contributed by atoms with Gasteiger partial charge in [-0.15, -0.1) is 0 Å². The predicted molar refractivity (Wildman–Crippen MR) is 79.9 cm³/mol. The Morgan fingerprint density at radius 2 is 2.00 bits per heavy atom. The molecule has 3 nitrogen and oxygen atoms in total. The number of piperidine rings is 1. The number of rotatable bonds is 5. The van der Waals surface area contributed by atoms with Crippen LogP contribution >= 0.6 is 0 Å². The third-order valence-electron chi connectivity index (χ3n) is 3.98. The van der Waals surface area contributed by atoms with Gasteiger partial charge in [0.1, 0.15) is 12.4 Å². The normalized spacial score (nSPS) is 16.8. The zero-order valence-electron chi connectivity index (χ0n) is 12.4. The van der Waals surface area contributed by atoms with E-state index in [4.69, 9.17) is 4.74 Å². The average Bonchev–Trinajstić information content (AvgIpc) is 2.43. The molecule has 1 N–H and O–H groups in total. The van der Waals surface area contributed by atoms with Crippen molar-refractivity contribution in [2.45, 2.75) is 32.7 Å². The van der Waals surface area contributed by atoms with Gasteiger partial charge in [0, 0.05) is 12.6 Å². The first-order chi connectivity index (χ1) is 9.16. The van der Waals surface area contributed by atoms with Crippen LogP contribution < -0.4 is 10.1 Å². The molecule has 1 saturated heterocycles. The maximum atomic E-state index is 5.92. The Morgan fingerprint density at radius 3 is 2.74 bits per heavy atom. The Hall–Kier alpha value is -1.06. The molecule has 1 aromatic carbocycles. The molecule has 0 radical (unpaired) electrons. The molecule has 1 aliphatic heterocycles. The molecule has 3 heteroatoms. The Morgan fingerprint density at radius 1 is 1.26 bits per heavy atom. The topological polar surface area (TPSA) is 24.5 Å². The highest BCUT2D eigenvalue weighted by Crippen LogP contribution is 2.19. The molecule has 0 spiro atoms. The highest BCUT2D eigenvalue weighted by atomic mass is 16.5. The van der Waals surface area contributed by atoms with Gasteiger partial charge < -0.3 is 10.1 Å². The zero-order valence-corrected chi connectivity index (χ0v) is 12.4. The summed E-state index contributed by atoms with van der Waals surface area (Å²) in [5.41, 5.74) is 2.47. The van der Waals surface area contributed by atoms with Crippen molar-refractivity contribution in [3.05, 3.63) is 29.3 Å². The Labute approximate surface area is 116 Å². The van der Waals surface area contributed by atoms with Gasteiger partial charge in [0.2, 0.25) is 0 Å². The first kappa shape index (κ1) is 14.4. The molecule has 0 aliphatic carbocycles. The maximum Gasteiger partial charge on any atom is 0.122 e. The molecule has 0 unspecified atom stereocenters. The molecule has 2 rings (SSSR count). The molecular formula is C16H26N2O. The minimum Gasteiger partial charge on any atom is -0.492 e. The molecule has 1 heterocycles. The van der Waals surface area contributed by atoms with E-state index in [1.807, 2.05) is 0 Å². The molecule has 1 aliphatic rings.